The molecule has 3 N–H and O–H groups in total. The number of pyridine rings is 1. The third kappa shape index (κ3) is 2.33. The van der Waals surface area contributed by atoms with Crippen LogP contribution in [0.25, 0.3) is 10.8 Å². The Morgan fingerprint density at radius 3 is 2.80 bits per heavy atom. The zero-order valence-electron chi connectivity index (χ0n) is 10.5. The van der Waals surface area contributed by atoms with Gasteiger partial charge in [0.05, 0.1) is 12.1 Å². The monoisotopic (exact) mass is 284 g/mol. The highest BCUT2D eigenvalue weighted by atomic mass is 32.1. The minimum absolute atomic E-state index is 0.177. The van der Waals surface area contributed by atoms with Crippen molar-refractivity contribution in [2.75, 3.05) is 5.73 Å². The molecule has 0 radical (unpaired) electrons. The van der Waals surface area contributed by atoms with Crippen LogP contribution in [0, 0.1) is 0 Å². The lowest BCUT2D eigenvalue weighted by Crippen LogP contribution is -2.23. The molecule has 1 aromatic carbocycles. The van der Waals surface area contributed by atoms with Gasteiger partial charge in [-0.05, 0) is 5.39 Å². The van der Waals surface area contributed by atoms with E-state index in [2.05, 4.69) is 15.3 Å². The molecule has 3 aromatic rings. The number of nitrogens with one attached hydrogen (secondary N) is 1. The number of hydrogen-bond donors (Lipinski definition) is 2. The Balaban J connectivity index is 1.90. The van der Waals surface area contributed by atoms with Crippen molar-refractivity contribution in [1.82, 2.24) is 15.3 Å². The standard InChI is InChI=1S/C14H12N4OS/c15-13-10-4-2-1-3-9(10)11(7-17-13)14(19)18-8-12-16-5-6-20-12/h1-7H,8H2,(H2,15,17)(H,18,19). The van der Waals surface area contributed by atoms with Crippen LogP contribution in [0.15, 0.2) is 42.0 Å². The Morgan fingerprint density at radius 1 is 1.25 bits per heavy atom. The van der Waals surface area contributed by atoms with Gasteiger partial charge in [0.2, 0.25) is 0 Å². The van der Waals surface area contributed by atoms with E-state index >= 15 is 0 Å². The highest BCUT2D eigenvalue weighted by Crippen LogP contribution is 2.22. The van der Waals surface area contributed by atoms with Crippen molar-refractivity contribution in [3.05, 3.63) is 52.6 Å². The highest BCUT2D eigenvalue weighted by molar-refractivity contribution is 7.09. The number of rotatable bonds is 3. The van der Waals surface area contributed by atoms with Crippen LogP contribution in [0.1, 0.15) is 15.4 Å². The fourth-order valence-corrected chi connectivity index (χ4v) is 2.54. The Morgan fingerprint density at radius 2 is 2.05 bits per heavy atom. The van der Waals surface area contributed by atoms with Gasteiger partial charge in [-0.15, -0.1) is 11.3 Å². The second kappa shape index (κ2) is 5.26. The first kappa shape index (κ1) is 12.6. The molecule has 0 aliphatic rings. The van der Waals surface area contributed by atoms with Crippen molar-refractivity contribution in [3.63, 3.8) is 0 Å². The molecule has 0 unspecified atom stereocenters. The summed E-state index contributed by atoms with van der Waals surface area (Å²) in [5.41, 5.74) is 6.34. The zero-order chi connectivity index (χ0) is 13.9. The summed E-state index contributed by atoms with van der Waals surface area (Å²) in [4.78, 5) is 20.5. The number of fused-ring (bicyclic) bond motifs is 1. The molecule has 0 aliphatic carbocycles. The van der Waals surface area contributed by atoms with E-state index in [-0.39, 0.29) is 5.91 Å². The Kier molecular flexibility index (Phi) is 3.30. The molecular weight excluding hydrogens is 272 g/mol. The van der Waals surface area contributed by atoms with Crippen molar-refractivity contribution < 1.29 is 4.79 Å². The maximum absolute atomic E-state index is 12.3. The first-order valence-electron chi connectivity index (χ1n) is 6.05. The molecule has 0 fully saturated rings. The van der Waals surface area contributed by atoms with Gasteiger partial charge in [-0.3, -0.25) is 4.79 Å². The number of anilines is 1. The average molecular weight is 284 g/mol. The fourth-order valence-electron chi connectivity index (χ4n) is 1.99. The molecule has 5 nitrogen and oxygen atoms in total. The smallest absolute Gasteiger partial charge is 0.253 e. The Bertz CT molecular complexity index is 755. The van der Waals surface area contributed by atoms with Crippen LogP contribution in [0.5, 0.6) is 0 Å². The summed E-state index contributed by atoms with van der Waals surface area (Å²) in [7, 11) is 0. The van der Waals surface area contributed by atoms with E-state index in [9.17, 15) is 4.79 Å². The molecule has 0 atom stereocenters. The van der Waals surface area contributed by atoms with Gasteiger partial charge in [-0.25, -0.2) is 9.97 Å². The third-order valence-corrected chi connectivity index (χ3v) is 3.73. The molecule has 2 aromatic heterocycles. The van der Waals surface area contributed by atoms with Crippen LogP contribution >= 0.6 is 11.3 Å². The first-order valence-corrected chi connectivity index (χ1v) is 6.93. The van der Waals surface area contributed by atoms with Crippen molar-refractivity contribution in [3.8, 4) is 0 Å². The molecule has 20 heavy (non-hydrogen) atoms. The molecule has 2 heterocycles. The average Bonchev–Trinajstić information content (AvgIpc) is 2.99. The summed E-state index contributed by atoms with van der Waals surface area (Å²) in [6, 6.07) is 7.47. The molecule has 0 spiro atoms. The van der Waals surface area contributed by atoms with Crippen LogP contribution in [0.4, 0.5) is 5.82 Å². The molecule has 6 heteroatoms. The number of nitrogens with zero attached hydrogens (tertiary/aromatic N) is 2. The quantitative estimate of drug-likeness (QED) is 0.772. The van der Waals surface area contributed by atoms with Crippen LogP contribution in [0.2, 0.25) is 0 Å². The minimum Gasteiger partial charge on any atom is -0.383 e. The van der Waals surface area contributed by atoms with Crippen LogP contribution < -0.4 is 11.1 Å². The van der Waals surface area contributed by atoms with Gasteiger partial charge >= 0.3 is 0 Å². The maximum Gasteiger partial charge on any atom is 0.253 e. The Labute approximate surface area is 119 Å². The van der Waals surface area contributed by atoms with Gasteiger partial charge in [-0.1, -0.05) is 24.3 Å². The predicted molar refractivity (Wildman–Crippen MR) is 79.4 cm³/mol. The number of hydrogen-bond acceptors (Lipinski definition) is 5. The molecule has 100 valence electrons. The predicted octanol–water partition coefficient (Wildman–Crippen LogP) is 2.20. The maximum atomic E-state index is 12.3. The van der Waals surface area contributed by atoms with Gasteiger partial charge in [0.25, 0.3) is 5.91 Å². The summed E-state index contributed by atoms with van der Waals surface area (Å²) < 4.78 is 0. The van der Waals surface area contributed by atoms with E-state index in [4.69, 9.17) is 5.73 Å². The number of carbonyl (C=O) groups excluding carboxylic acids is 1. The number of amides is 1. The van der Waals surface area contributed by atoms with E-state index in [1.54, 1.807) is 6.20 Å². The lowest BCUT2D eigenvalue weighted by molar-refractivity contribution is 0.0952. The van der Waals surface area contributed by atoms with Gasteiger partial charge < -0.3 is 11.1 Å². The van der Waals surface area contributed by atoms with E-state index in [1.807, 2.05) is 29.6 Å². The van der Waals surface area contributed by atoms with Gasteiger partial charge in [0, 0.05) is 23.2 Å². The highest BCUT2D eigenvalue weighted by Gasteiger charge is 2.12. The second-order valence-corrected chi connectivity index (χ2v) is 5.19. The molecule has 0 bridgehead atoms. The summed E-state index contributed by atoms with van der Waals surface area (Å²) in [6.45, 7) is 0.412. The number of carbonyl (C=O) groups is 1. The summed E-state index contributed by atoms with van der Waals surface area (Å²) >= 11 is 1.50. The van der Waals surface area contributed by atoms with Gasteiger partial charge in [0.15, 0.2) is 0 Å². The van der Waals surface area contributed by atoms with Crippen LogP contribution in [0.3, 0.4) is 0 Å². The molecule has 0 saturated heterocycles. The molecule has 1 amide bonds. The Hall–Kier alpha value is -2.47. The van der Waals surface area contributed by atoms with Crippen molar-refractivity contribution in [2.24, 2.45) is 0 Å². The molecule has 3 rings (SSSR count). The molecule has 0 saturated carbocycles. The van der Waals surface area contributed by atoms with Crippen molar-refractivity contribution in [1.29, 1.82) is 0 Å². The number of nitrogens with two attached hydrogens (primary N) is 1. The van der Waals surface area contributed by atoms with E-state index in [0.717, 1.165) is 15.8 Å². The van der Waals surface area contributed by atoms with Crippen LogP contribution in [-0.2, 0) is 6.54 Å². The first-order chi connectivity index (χ1) is 9.75. The van der Waals surface area contributed by atoms with Crippen molar-refractivity contribution >= 4 is 33.8 Å². The van der Waals surface area contributed by atoms with Crippen LogP contribution in [-0.4, -0.2) is 15.9 Å². The van der Waals surface area contributed by atoms with Gasteiger partial charge in [0.1, 0.15) is 10.8 Å². The second-order valence-electron chi connectivity index (χ2n) is 4.21. The normalized spacial score (nSPS) is 10.6. The molecular formula is C14H12N4OS. The molecule has 0 aliphatic heterocycles. The number of nitrogen functional groups attached to an aromatic ring is 1. The lowest BCUT2D eigenvalue weighted by atomic mass is 10.1. The van der Waals surface area contributed by atoms with E-state index < -0.39 is 0 Å². The number of benzene rings is 1. The zero-order valence-corrected chi connectivity index (χ0v) is 11.4. The summed E-state index contributed by atoms with van der Waals surface area (Å²) in [5, 5.41) is 7.17. The summed E-state index contributed by atoms with van der Waals surface area (Å²) in [5.74, 6) is 0.251. The van der Waals surface area contributed by atoms with Gasteiger partial charge in [-0.2, -0.15) is 0 Å². The number of aromatic nitrogens is 2. The largest absolute Gasteiger partial charge is 0.383 e. The SMILES string of the molecule is Nc1ncc(C(=O)NCc2nccs2)c2ccccc12. The number of thiazole rings is 1. The summed E-state index contributed by atoms with van der Waals surface area (Å²) in [6.07, 6.45) is 3.22. The van der Waals surface area contributed by atoms with E-state index in [0.29, 0.717) is 17.9 Å². The topological polar surface area (TPSA) is 80.9 Å². The lowest BCUT2D eigenvalue weighted by Gasteiger charge is -2.08. The third-order valence-electron chi connectivity index (χ3n) is 2.95. The van der Waals surface area contributed by atoms with E-state index in [1.165, 1.54) is 17.5 Å². The fraction of sp³-hybridized carbons (Fsp3) is 0.0714. The minimum atomic E-state index is -0.177. The van der Waals surface area contributed by atoms with Crippen molar-refractivity contribution in [2.45, 2.75) is 6.54 Å².